The first kappa shape index (κ1) is 10.4. The van der Waals surface area contributed by atoms with Crippen molar-refractivity contribution in [1.82, 2.24) is 9.78 Å². The lowest BCUT2D eigenvalue weighted by Gasteiger charge is -2.01. The van der Waals surface area contributed by atoms with Gasteiger partial charge in [0, 0.05) is 11.8 Å². The zero-order valence-electron chi connectivity index (χ0n) is 8.43. The zero-order chi connectivity index (χ0) is 11.5. The predicted molar refractivity (Wildman–Crippen MR) is 57.4 cm³/mol. The molecule has 0 aliphatic rings. The first-order chi connectivity index (χ1) is 7.65. The van der Waals surface area contributed by atoms with Crippen LogP contribution in [0.2, 0.25) is 0 Å². The van der Waals surface area contributed by atoms with Crippen molar-refractivity contribution in [1.29, 1.82) is 0 Å². The number of nitrogen functional groups attached to an aromatic ring is 1. The molecule has 0 aliphatic carbocycles. The Kier molecular flexibility index (Phi) is 2.68. The van der Waals surface area contributed by atoms with Crippen LogP contribution in [0.25, 0.3) is 0 Å². The van der Waals surface area contributed by atoms with Gasteiger partial charge in [0.15, 0.2) is 5.78 Å². The lowest BCUT2D eigenvalue weighted by atomic mass is 10.1. The van der Waals surface area contributed by atoms with Crippen molar-refractivity contribution < 1.29 is 9.18 Å². The van der Waals surface area contributed by atoms with E-state index < -0.39 is 0 Å². The zero-order valence-corrected chi connectivity index (χ0v) is 8.43. The van der Waals surface area contributed by atoms with E-state index in [9.17, 15) is 9.18 Å². The number of halogens is 1. The number of nitrogens with two attached hydrogens (primary N) is 1. The van der Waals surface area contributed by atoms with Crippen LogP contribution in [0.5, 0.6) is 0 Å². The van der Waals surface area contributed by atoms with Gasteiger partial charge in [-0.25, -0.2) is 4.39 Å². The Balaban J connectivity index is 2.11. The summed E-state index contributed by atoms with van der Waals surface area (Å²) in [6.45, 7) is 0.100. The Morgan fingerprint density at radius 1 is 1.31 bits per heavy atom. The van der Waals surface area contributed by atoms with E-state index in [0.717, 1.165) is 0 Å². The lowest BCUT2D eigenvalue weighted by Crippen LogP contribution is -2.11. The molecule has 0 spiro atoms. The lowest BCUT2D eigenvalue weighted by molar-refractivity contribution is 0.0968. The number of carbonyl (C=O) groups excluding carboxylic acids is 1. The van der Waals surface area contributed by atoms with Gasteiger partial charge in [-0.2, -0.15) is 5.10 Å². The van der Waals surface area contributed by atoms with Gasteiger partial charge in [0.05, 0.1) is 0 Å². The minimum Gasteiger partial charge on any atom is -0.382 e. The number of ketones is 1. The van der Waals surface area contributed by atoms with Crippen LogP contribution in [0, 0.1) is 5.82 Å². The molecule has 1 heterocycles. The molecule has 16 heavy (non-hydrogen) atoms. The predicted octanol–water partition coefficient (Wildman–Crippen LogP) is 1.49. The monoisotopic (exact) mass is 219 g/mol. The van der Waals surface area contributed by atoms with E-state index in [1.165, 1.54) is 28.9 Å². The number of anilines is 1. The third-order valence-corrected chi connectivity index (χ3v) is 2.13. The van der Waals surface area contributed by atoms with Gasteiger partial charge in [-0.1, -0.05) is 0 Å². The number of rotatable bonds is 3. The number of hydrogen-bond donors (Lipinski definition) is 1. The Hall–Kier alpha value is -2.17. The van der Waals surface area contributed by atoms with Gasteiger partial charge in [-0.3, -0.25) is 9.48 Å². The number of benzene rings is 1. The smallest absolute Gasteiger partial charge is 0.184 e. The molecule has 82 valence electrons. The largest absolute Gasteiger partial charge is 0.382 e. The summed E-state index contributed by atoms with van der Waals surface area (Å²) in [5, 5.41) is 3.89. The fourth-order valence-corrected chi connectivity index (χ4v) is 1.34. The van der Waals surface area contributed by atoms with Gasteiger partial charge < -0.3 is 5.73 Å². The Morgan fingerprint density at radius 3 is 2.56 bits per heavy atom. The van der Waals surface area contributed by atoms with Gasteiger partial charge in [0.2, 0.25) is 0 Å². The molecule has 0 saturated heterocycles. The molecule has 0 saturated carbocycles. The van der Waals surface area contributed by atoms with Gasteiger partial charge in [0.1, 0.15) is 18.2 Å². The summed E-state index contributed by atoms with van der Waals surface area (Å²) >= 11 is 0. The summed E-state index contributed by atoms with van der Waals surface area (Å²) in [5.74, 6) is -0.130. The second-order valence-corrected chi connectivity index (χ2v) is 3.37. The molecular weight excluding hydrogens is 209 g/mol. The molecule has 5 heteroatoms. The maximum Gasteiger partial charge on any atom is 0.184 e. The van der Waals surface area contributed by atoms with E-state index in [-0.39, 0.29) is 18.1 Å². The molecule has 2 rings (SSSR count). The summed E-state index contributed by atoms with van der Waals surface area (Å²) in [6.07, 6.45) is 1.62. The third kappa shape index (κ3) is 2.25. The molecule has 0 amide bonds. The Bertz CT molecular complexity index is 504. The molecule has 0 radical (unpaired) electrons. The van der Waals surface area contributed by atoms with Crippen LogP contribution < -0.4 is 5.73 Å². The van der Waals surface area contributed by atoms with Crippen molar-refractivity contribution in [3.63, 3.8) is 0 Å². The van der Waals surface area contributed by atoms with Crippen molar-refractivity contribution in [3.8, 4) is 0 Å². The number of carbonyl (C=O) groups is 1. The molecule has 0 aliphatic heterocycles. The number of nitrogens with zero attached hydrogens (tertiary/aromatic N) is 2. The summed E-state index contributed by atoms with van der Waals surface area (Å²) in [4.78, 5) is 11.7. The fourth-order valence-electron chi connectivity index (χ4n) is 1.34. The summed E-state index contributed by atoms with van der Waals surface area (Å²) in [5.41, 5.74) is 5.87. The highest BCUT2D eigenvalue weighted by molar-refractivity contribution is 5.95. The van der Waals surface area contributed by atoms with Gasteiger partial charge in [-0.15, -0.1) is 0 Å². The molecule has 1 aromatic carbocycles. The van der Waals surface area contributed by atoms with Gasteiger partial charge in [-0.05, 0) is 30.3 Å². The van der Waals surface area contributed by atoms with E-state index in [2.05, 4.69) is 5.10 Å². The van der Waals surface area contributed by atoms with E-state index in [0.29, 0.717) is 11.4 Å². The van der Waals surface area contributed by atoms with E-state index in [1.54, 1.807) is 12.3 Å². The molecule has 4 nitrogen and oxygen atoms in total. The average molecular weight is 219 g/mol. The van der Waals surface area contributed by atoms with E-state index in [4.69, 9.17) is 5.73 Å². The van der Waals surface area contributed by atoms with E-state index in [1.807, 2.05) is 0 Å². The van der Waals surface area contributed by atoms with Crippen molar-refractivity contribution in [2.75, 3.05) is 5.73 Å². The van der Waals surface area contributed by atoms with Crippen molar-refractivity contribution in [2.24, 2.45) is 0 Å². The minimum atomic E-state index is -0.361. The fraction of sp³-hybridized carbons (Fsp3) is 0.0909. The van der Waals surface area contributed by atoms with Crippen LogP contribution >= 0.6 is 0 Å². The van der Waals surface area contributed by atoms with Crippen molar-refractivity contribution >= 4 is 11.6 Å². The highest BCUT2D eigenvalue weighted by Crippen LogP contribution is 2.05. The second-order valence-electron chi connectivity index (χ2n) is 3.37. The maximum absolute atomic E-state index is 12.6. The molecule has 0 unspecified atom stereocenters. The number of hydrogen-bond acceptors (Lipinski definition) is 3. The van der Waals surface area contributed by atoms with Crippen LogP contribution in [-0.4, -0.2) is 15.6 Å². The molecule has 2 aromatic rings. The Morgan fingerprint density at radius 2 is 2.00 bits per heavy atom. The van der Waals surface area contributed by atoms with E-state index >= 15 is 0 Å². The summed E-state index contributed by atoms with van der Waals surface area (Å²) in [7, 11) is 0. The van der Waals surface area contributed by atoms with Crippen LogP contribution in [0.15, 0.2) is 36.5 Å². The summed E-state index contributed by atoms with van der Waals surface area (Å²) < 4.78 is 14.1. The van der Waals surface area contributed by atoms with Crippen molar-refractivity contribution in [2.45, 2.75) is 6.54 Å². The average Bonchev–Trinajstić information content (AvgIpc) is 2.65. The molecule has 2 N–H and O–H groups in total. The second kappa shape index (κ2) is 4.14. The normalized spacial score (nSPS) is 10.3. The quantitative estimate of drug-likeness (QED) is 0.795. The third-order valence-electron chi connectivity index (χ3n) is 2.13. The molecule has 0 fully saturated rings. The first-order valence-corrected chi connectivity index (χ1v) is 4.73. The summed E-state index contributed by atoms with van der Waals surface area (Å²) in [6, 6.07) is 7.02. The number of Topliss-reactive ketones (excluding diaryl/α,β-unsaturated/α-hetero) is 1. The van der Waals surface area contributed by atoms with Gasteiger partial charge in [0.25, 0.3) is 0 Å². The topological polar surface area (TPSA) is 60.9 Å². The molecule has 0 atom stereocenters. The molecular formula is C11H10FN3O. The standard InChI is InChI=1S/C11H10FN3O/c12-9-3-1-8(2-4-9)10(16)7-15-6-5-11(13)14-15/h1-6H,7H2,(H2,13,14). The minimum absolute atomic E-state index is 0.100. The first-order valence-electron chi connectivity index (χ1n) is 4.73. The highest BCUT2D eigenvalue weighted by atomic mass is 19.1. The van der Waals surface area contributed by atoms with Crippen LogP contribution in [-0.2, 0) is 6.54 Å². The maximum atomic E-state index is 12.6. The number of aromatic nitrogens is 2. The molecule has 0 bridgehead atoms. The molecule has 1 aromatic heterocycles. The van der Waals surface area contributed by atoms with Crippen molar-refractivity contribution in [3.05, 3.63) is 47.9 Å². The van der Waals surface area contributed by atoms with Crippen LogP contribution in [0.4, 0.5) is 10.2 Å². The Labute approximate surface area is 91.5 Å². The highest BCUT2D eigenvalue weighted by Gasteiger charge is 2.07. The van der Waals surface area contributed by atoms with Gasteiger partial charge >= 0.3 is 0 Å². The SMILES string of the molecule is Nc1ccn(CC(=O)c2ccc(F)cc2)n1. The van der Waals surface area contributed by atoms with Crippen LogP contribution in [0.1, 0.15) is 10.4 Å². The van der Waals surface area contributed by atoms with Crippen LogP contribution in [0.3, 0.4) is 0 Å².